The summed E-state index contributed by atoms with van der Waals surface area (Å²) in [6.07, 6.45) is 1.38. The van der Waals surface area contributed by atoms with Gasteiger partial charge in [-0.25, -0.2) is 9.67 Å². The van der Waals surface area contributed by atoms with Crippen LogP contribution in [0.1, 0.15) is 35.6 Å². The highest BCUT2D eigenvalue weighted by atomic mass is 16.6. The van der Waals surface area contributed by atoms with Gasteiger partial charge in [0, 0.05) is 24.5 Å². The summed E-state index contributed by atoms with van der Waals surface area (Å²) < 4.78 is 18.4. The van der Waals surface area contributed by atoms with Gasteiger partial charge in [0.05, 0.1) is 11.4 Å². The van der Waals surface area contributed by atoms with E-state index >= 15 is 0 Å². The van der Waals surface area contributed by atoms with Gasteiger partial charge in [0.15, 0.2) is 17.3 Å². The Kier molecular flexibility index (Phi) is 3.91. The molecule has 0 radical (unpaired) electrons. The van der Waals surface area contributed by atoms with Gasteiger partial charge in [0.25, 0.3) is 0 Å². The number of benzene rings is 1. The minimum Gasteiger partial charge on any atom is -0.486 e. The maximum atomic E-state index is 5.69. The number of aryl methyl sites for hydroxylation is 3. The first-order valence-electron chi connectivity index (χ1n) is 8.42. The van der Waals surface area contributed by atoms with Crippen molar-refractivity contribution in [2.75, 3.05) is 13.2 Å². The Morgan fingerprint density at radius 3 is 2.64 bits per heavy atom. The average molecular weight is 340 g/mol. The van der Waals surface area contributed by atoms with Crippen molar-refractivity contribution < 1.29 is 14.0 Å². The van der Waals surface area contributed by atoms with E-state index in [1.165, 1.54) is 0 Å². The molecule has 4 rings (SSSR count). The zero-order valence-corrected chi connectivity index (χ0v) is 14.6. The van der Waals surface area contributed by atoms with Crippen molar-refractivity contribution in [1.29, 1.82) is 0 Å². The Morgan fingerprint density at radius 1 is 1.12 bits per heavy atom. The number of nitrogens with zero attached hydrogens (tertiary/aromatic N) is 4. The number of hydrogen-bond acceptors (Lipinski definition) is 6. The van der Waals surface area contributed by atoms with Crippen LogP contribution in [0.2, 0.25) is 0 Å². The zero-order valence-electron chi connectivity index (χ0n) is 14.6. The second kappa shape index (κ2) is 6.23. The first-order valence-corrected chi connectivity index (χ1v) is 8.42. The fourth-order valence-electron chi connectivity index (χ4n) is 2.94. The summed E-state index contributed by atoms with van der Waals surface area (Å²) in [4.78, 5) is 4.68. The molecule has 0 bridgehead atoms. The molecule has 0 N–H and O–H groups in total. The molecule has 3 aromatic rings. The molecule has 0 amide bonds. The molecule has 7 nitrogen and oxygen atoms in total. The largest absolute Gasteiger partial charge is 0.486 e. The third-order valence-electron chi connectivity index (χ3n) is 4.32. The number of ether oxygens (including phenoxy) is 2. The molecule has 0 unspecified atom stereocenters. The number of aromatic nitrogens is 4. The third-order valence-corrected chi connectivity index (χ3v) is 4.32. The molecule has 25 heavy (non-hydrogen) atoms. The van der Waals surface area contributed by atoms with E-state index in [4.69, 9.17) is 14.0 Å². The van der Waals surface area contributed by atoms with Crippen molar-refractivity contribution in [2.24, 2.45) is 0 Å². The molecule has 0 saturated heterocycles. The third kappa shape index (κ3) is 2.86. The van der Waals surface area contributed by atoms with Crippen LogP contribution in [0.4, 0.5) is 0 Å². The summed E-state index contributed by atoms with van der Waals surface area (Å²) in [6, 6.07) is 5.83. The highest BCUT2D eigenvalue weighted by Gasteiger charge is 2.19. The van der Waals surface area contributed by atoms with E-state index in [1.54, 1.807) is 0 Å². The van der Waals surface area contributed by atoms with E-state index in [1.807, 2.05) is 43.7 Å². The highest BCUT2D eigenvalue weighted by Crippen LogP contribution is 2.32. The van der Waals surface area contributed by atoms with Crippen LogP contribution in [0.15, 0.2) is 22.7 Å². The molecule has 1 aromatic carbocycles. The van der Waals surface area contributed by atoms with Gasteiger partial charge >= 0.3 is 0 Å². The lowest BCUT2D eigenvalue weighted by molar-refractivity contribution is 0.171. The summed E-state index contributed by atoms with van der Waals surface area (Å²) in [6.45, 7) is 7.04. The molecule has 3 heterocycles. The summed E-state index contributed by atoms with van der Waals surface area (Å²) in [5, 5.41) is 8.68. The molecule has 0 saturated carbocycles. The lowest BCUT2D eigenvalue weighted by Gasteiger charge is -2.19. The van der Waals surface area contributed by atoms with Crippen molar-refractivity contribution in [1.82, 2.24) is 19.9 Å². The Balaban J connectivity index is 1.75. The van der Waals surface area contributed by atoms with E-state index in [2.05, 4.69) is 15.2 Å². The topological polar surface area (TPSA) is 75.2 Å². The first kappa shape index (κ1) is 15.7. The van der Waals surface area contributed by atoms with E-state index in [0.717, 1.165) is 52.3 Å². The Labute approximate surface area is 145 Å². The summed E-state index contributed by atoms with van der Waals surface area (Å²) in [5.74, 6) is 3.96. The van der Waals surface area contributed by atoms with Gasteiger partial charge in [0.1, 0.15) is 24.8 Å². The molecule has 7 heteroatoms. The fraction of sp³-hybridized carbons (Fsp3) is 0.389. The molecule has 1 aliphatic rings. The lowest BCUT2D eigenvalue weighted by Crippen LogP contribution is -2.15. The molecular weight excluding hydrogens is 320 g/mol. The number of hydrogen-bond donors (Lipinski definition) is 0. The quantitative estimate of drug-likeness (QED) is 0.727. The van der Waals surface area contributed by atoms with Crippen LogP contribution >= 0.6 is 0 Å². The second-order valence-electron chi connectivity index (χ2n) is 6.02. The molecule has 0 fully saturated rings. The van der Waals surface area contributed by atoms with Gasteiger partial charge in [-0.15, -0.1) is 0 Å². The van der Waals surface area contributed by atoms with Crippen molar-refractivity contribution in [3.8, 4) is 17.2 Å². The maximum absolute atomic E-state index is 5.69. The zero-order chi connectivity index (χ0) is 17.4. The van der Waals surface area contributed by atoms with Gasteiger partial charge in [0.2, 0.25) is 0 Å². The molecule has 2 aromatic heterocycles. The normalized spacial score (nSPS) is 13.2. The van der Waals surface area contributed by atoms with Crippen molar-refractivity contribution >= 4 is 0 Å². The molecule has 0 atom stereocenters. The van der Waals surface area contributed by atoms with E-state index < -0.39 is 0 Å². The Morgan fingerprint density at radius 2 is 1.92 bits per heavy atom. The molecule has 130 valence electrons. The van der Waals surface area contributed by atoms with Gasteiger partial charge in [-0.1, -0.05) is 12.1 Å². The molecule has 0 spiro atoms. The predicted molar refractivity (Wildman–Crippen MR) is 90.5 cm³/mol. The van der Waals surface area contributed by atoms with Crippen LogP contribution in [0.3, 0.4) is 0 Å². The summed E-state index contributed by atoms with van der Waals surface area (Å²) in [7, 11) is 0. The first-order chi connectivity index (χ1) is 12.2. The average Bonchev–Trinajstić information content (AvgIpc) is 3.19. The van der Waals surface area contributed by atoms with Crippen molar-refractivity contribution in [2.45, 2.75) is 33.6 Å². The van der Waals surface area contributed by atoms with E-state index in [9.17, 15) is 0 Å². The number of rotatable bonds is 4. The van der Waals surface area contributed by atoms with Crippen LogP contribution in [0.5, 0.6) is 11.5 Å². The van der Waals surface area contributed by atoms with Gasteiger partial charge in [-0.2, -0.15) is 5.10 Å². The SMILES string of the molecule is CCc1nc(Cc2c(C)noc2C)n(-c2ccc3c(c2)OCCO3)n1. The van der Waals surface area contributed by atoms with Gasteiger partial charge in [-0.3, -0.25) is 0 Å². The molecular formula is C18H20N4O3. The molecule has 1 aliphatic heterocycles. The van der Waals surface area contributed by atoms with Crippen molar-refractivity contribution in [3.05, 3.63) is 46.9 Å². The van der Waals surface area contributed by atoms with Crippen LogP contribution < -0.4 is 9.47 Å². The Hall–Kier alpha value is -2.83. The molecule has 0 aliphatic carbocycles. The van der Waals surface area contributed by atoms with Gasteiger partial charge < -0.3 is 14.0 Å². The predicted octanol–water partition coefficient (Wildman–Crippen LogP) is 2.80. The van der Waals surface area contributed by atoms with Gasteiger partial charge in [-0.05, 0) is 26.0 Å². The van der Waals surface area contributed by atoms with Crippen LogP contribution in [0.25, 0.3) is 5.69 Å². The lowest BCUT2D eigenvalue weighted by atomic mass is 10.1. The van der Waals surface area contributed by atoms with Crippen LogP contribution in [-0.4, -0.2) is 33.1 Å². The maximum Gasteiger partial charge on any atom is 0.163 e. The Bertz CT molecular complexity index is 894. The van der Waals surface area contributed by atoms with Crippen molar-refractivity contribution in [3.63, 3.8) is 0 Å². The summed E-state index contributed by atoms with van der Waals surface area (Å²) >= 11 is 0. The smallest absolute Gasteiger partial charge is 0.163 e. The van der Waals surface area contributed by atoms with Crippen LogP contribution in [-0.2, 0) is 12.8 Å². The summed E-state index contributed by atoms with van der Waals surface area (Å²) in [5.41, 5.74) is 2.83. The van der Waals surface area contributed by atoms with E-state index in [0.29, 0.717) is 19.6 Å². The minimum atomic E-state index is 0.556. The second-order valence-corrected chi connectivity index (χ2v) is 6.02. The number of fused-ring (bicyclic) bond motifs is 1. The standard InChI is InChI=1S/C18H20N4O3/c1-4-17-19-18(10-14-11(2)21-25-12(14)3)22(20-17)13-5-6-15-16(9-13)24-8-7-23-15/h5-6,9H,4,7-8,10H2,1-3H3. The highest BCUT2D eigenvalue weighted by molar-refractivity contribution is 5.49. The van der Waals surface area contributed by atoms with Crippen LogP contribution in [0, 0.1) is 13.8 Å². The monoisotopic (exact) mass is 340 g/mol. The van der Waals surface area contributed by atoms with E-state index in [-0.39, 0.29) is 0 Å². The fourth-order valence-corrected chi connectivity index (χ4v) is 2.94. The minimum absolute atomic E-state index is 0.556.